The molecule has 5 rings (SSSR count). The minimum atomic E-state index is -0.398. The van der Waals surface area contributed by atoms with Crippen LogP contribution in [0.4, 0.5) is 0 Å². The fourth-order valence-corrected chi connectivity index (χ4v) is 4.54. The van der Waals surface area contributed by atoms with Crippen molar-refractivity contribution in [2.24, 2.45) is 0 Å². The van der Waals surface area contributed by atoms with E-state index < -0.39 is 5.69 Å². The fourth-order valence-electron chi connectivity index (χ4n) is 4.54. The number of hydrogen-bond acceptors (Lipinski definition) is 3. The molecule has 0 saturated heterocycles. The van der Waals surface area contributed by atoms with E-state index in [1.807, 2.05) is 66.1 Å². The largest absolute Gasteiger partial charge is 0.337 e. The van der Waals surface area contributed by atoms with Gasteiger partial charge in [-0.2, -0.15) is 0 Å². The van der Waals surface area contributed by atoms with E-state index in [4.69, 9.17) is 0 Å². The summed E-state index contributed by atoms with van der Waals surface area (Å²) >= 11 is 0. The summed E-state index contributed by atoms with van der Waals surface area (Å²) in [7, 11) is 0. The smallest absolute Gasteiger partial charge is 0.320 e. The number of aromatic nitrogens is 4. The van der Waals surface area contributed by atoms with E-state index in [9.17, 15) is 9.59 Å². The zero-order valence-corrected chi connectivity index (χ0v) is 21.1. The number of aryl methyl sites for hydroxylation is 1. The van der Waals surface area contributed by atoms with Crippen LogP contribution in [0.5, 0.6) is 0 Å². The maximum atomic E-state index is 13.8. The molecule has 6 nitrogen and oxygen atoms in total. The summed E-state index contributed by atoms with van der Waals surface area (Å²) in [5.41, 5.74) is 4.95. The molecule has 0 aliphatic heterocycles. The molecule has 6 heteroatoms. The third-order valence-electron chi connectivity index (χ3n) is 6.61. The van der Waals surface area contributed by atoms with Crippen LogP contribution in [0, 0.1) is 6.92 Å². The quantitative estimate of drug-likeness (QED) is 0.355. The van der Waals surface area contributed by atoms with Crippen molar-refractivity contribution in [1.82, 2.24) is 18.7 Å². The van der Waals surface area contributed by atoms with Gasteiger partial charge in [0.05, 0.1) is 18.6 Å². The molecule has 0 atom stereocenters. The van der Waals surface area contributed by atoms with Crippen LogP contribution in [0.25, 0.3) is 16.9 Å². The Morgan fingerprint density at radius 1 is 0.778 bits per heavy atom. The predicted molar refractivity (Wildman–Crippen MR) is 144 cm³/mol. The van der Waals surface area contributed by atoms with E-state index in [1.54, 1.807) is 10.9 Å². The first-order valence-corrected chi connectivity index (χ1v) is 12.1. The number of nitrogens with zero attached hydrogens (tertiary/aromatic N) is 4. The van der Waals surface area contributed by atoms with Crippen molar-refractivity contribution in [3.8, 4) is 5.69 Å². The molecule has 182 valence electrons. The Balaban J connectivity index is 1.70. The van der Waals surface area contributed by atoms with Crippen molar-refractivity contribution in [1.29, 1.82) is 0 Å². The van der Waals surface area contributed by atoms with Gasteiger partial charge >= 0.3 is 5.69 Å². The number of imidazole rings is 1. The van der Waals surface area contributed by atoms with Crippen molar-refractivity contribution in [3.63, 3.8) is 0 Å². The highest BCUT2D eigenvalue weighted by molar-refractivity contribution is 5.73. The highest BCUT2D eigenvalue weighted by Gasteiger charge is 2.20. The lowest BCUT2D eigenvalue weighted by Gasteiger charge is -2.19. The van der Waals surface area contributed by atoms with E-state index in [1.165, 1.54) is 10.1 Å². The minimum absolute atomic E-state index is 0.0645. The molecular formula is C30H30N4O2. The third kappa shape index (κ3) is 4.31. The summed E-state index contributed by atoms with van der Waals surface area (Å²) in [6.07, 6.45) is 1.66. The average molecular weight is 479 g/mol. The standard InChI is InChI=1S/C30H30N4O2/c1-21-10-8-9-13-25(21)34-27-26(28(35)33(29(34)36)19-22-11-6-5-7-12-22)32(20-31-27)18-23-14-16-24(17-15-23)30(2,3)4/h5-17,20H,18-19H2,1-4H3. The van der Waals surface area contributed by atoms with Gasteiger partial charge in [0.2, 0.25) is 0 Å². The van der Waals surface area contributed by atoms with Gasteiger partial charge in [-0.05, 0) is 40.7 Å². The second-order valence-corrected chi connectivity index (χ2v) is 10.3. The Hall–Kier alpha value is -4.19. The molecule has 0 radical (unpaired) electrons. The third-order valence-corrected chi connectivity index (χ3v) is 6.61. The summed E-state index contributed by atoms with van der Waals surface area (Å²) in [5.74, 6) is 0. The van der Waals surface area contributed by atoms with Gasteiger partial charge in [0.25, 0.3) is 5.56 Å². The van der Waals surface area contributed by atoms with Crippen LogP contribution in [-0.2, 0) is 18.5 Å². The lowest BCUT2D eigenvalue weighted by atomic mass is 9.87. The molecule has 2 aromatic heterocycles. The van der Waals surface area contributed by atoms with E-state index in [2.05, 4.69) is 50.0 Å². The Bertz CT molecular complexity index is 1650. The van der Waals surface area contributed by atoms with E-state index >= 15 is 0 Å². The molecule has 0 unspecified atom stereocenters. The van der Waals surface area contributed by atoms with E-state index in [0.717, 1.165) is 16.7 Å². The topological polar surface area (TPSA) is 61.8 Å². The number of para-hydroxylation sites is 1. The van der Waals surface area contributed by atoms with Gasteiger partial charge in [0.1, 0.15) is 0 Å². The Labute approximate surface area is 210 Å². The number of fused-ring (bicyclic) bond motifs is 1. The van der Waals surface area contributed by atoms with E-state index in [-0.39, 0.29) is 17.5 Å². The van der Waals surface area contributed by atoms with Gasteiger partial charge in [-0.15, -0.1) is 0 Å². The first-order chi connectivity index (χ1) is 17.2. The number of hydrogen-bond donors (Lipinski definition) is 0. The SMILES string of the molecule is Cc1ccccc1-n1c(=O)n(Cc2ccccc2)c(=O)c2c1ncn2Cc1ccc(C(C)(C)C)cc1. The van der Waals surface area contributed by atoms with Crippen LogP contribution in [-0.4, -0.2) is 18.7 Å². The van der Waals surface area contributed by atoms with Crippen LogP contribution in [0.1, 0.15) is 43.0 Å². The Morgan fingerprint density at radius 3 is 2.08 bits per heavy atom. The zero-order valence-electron chi connectivity index (χ0n) is 21.1. The normalized spacial score (nSPS) is 11.8. The monoisotopic (exact) mass is 478 g/mol. The molecule has 0 saturated carbocycles. The molecule has 0 N–H and O–H groups in total. The molecule has 5 aromatic rings. The first kappa shape index (κ1) is 23.5. The highest BCUT2D eigenvalue weighted by atomic mass is 16.2. The summed E-state index contributed by atoms with van der Waals surface area (Å²) in [5, 5.41) is 0. The summed E-state index contributed by atoms with van der Waals surface area (Å²) in [4.78, 5) is 32.1. The molecule has 3 aromatic carbocycles. The summed E-state index contributed by atoms with van der Waals surface area (Å²) in [6, 6.07) is 25.7. The van der Waals surface area contributed by atoms with Crippen LogP contribution in [0.2, 0.25) is 0 Å². The van der Waals surface area contributed by atoms with Gasteiger partial charge < -0.3 is 4.57 Å². The Morgan fingerprint density at radius 2 is 1.42 bits per heavy atom. The van der Waals surface area contributed by atoms with Crippen LogP contribution in [0.15, 0.2) is 94.8 Å². The van der Waals surface area contributed by atoms with Gasteiger partial charge in [0.15, 0.2) is 11.2 Å². The Kier molecular flexibility index (Phi) is 5.96. The summed E-state index contributed by atoms with van der Waals surface area (Å²) < 4.78 is 4.72. The molecule has 0 amide bonds. The minimum Gasteiger partial charge on any atom is -0.320 e. The lowest BCUT2D eigenvalue weighted by Crippen LogP contribution is -2.40. The first-order valence-electron chi connectivity index (χ1n) is 12.1. The molecular weight excluding hydrogens is 448 g/mol. The maximum absolute atomic E-state index is 13.8. The van der Waals surface area contributed by atoms with Crippen molar-refractivity contribution in [3.05, 3.63) is 128 Å². The molecule has 0 aliphatic carbocycles. The average Bonchev–Trinajstić information content (AvgIpc) is 3.26. The fraction of sp³-hybridized carbons (Fsp3) is 0.233. The summed E-state index contributed by atoms with van der Waals surface area (Å²) in [6.45, 7) is 9.18. The molecule has 2 heterocycles. The molecule has 0 bridgehead atoms. The number of rotatable bonds is 5. The molecule has 36 heavy (non-hydrogen) atoms. The second kappa shape index (κ2) is 9.11. The second-order valence-electron chi connectivity index (χ2n) is 10.3. The number of benzene rings is 3. The van der Waals surface area contributed by atoms with Crippen molar-refractivity contribution < 1.29 is 0 Å². The van der Waals surface area contributed by atoms with Crippen molar-refractivity contribution in [2.45, 2.75) is 46.2 Å². The molecule has 0 fully saturated rings. The maximum Gasteiger partial charge on any atom is 0.337 e. The van der Waals surface area contributed by atoms with Gasteiger partial charge in [-0.1, -0.05) is 93.6 Å². The van der Waals surface area contributed by atoms with Gasteiger partial charge in [-0.3, -0.25) is 9.36 Å². The van der Waals surface area contributed by atoms with Crippen molar-refractivity contribution >= 4 is 11.2 Å². The van der Waals surface area contributed by atoms with Gasteiger partial charge in [-0.25, -0.2) is 14.3 Å². The van der Waals surface area contributed by atoms with Crippen LogP contribution in [0.3, 0.4) is 0 Å². The van der Waals surface area contributed by atoms with Crippen LogP contribution < -0.4 is 11.2 Å². The predicted octanol–water partition coefficient (Wildman–Crippen LogP) is 5.05. The lowest BCUT2D eigenvalue weighted by molar-refractivity contribution is 0.590. The van der Waals surface area contributed by atoms with Crippen LogP contribution >= 0.6 is 0 Å². The zero-order chi connectivity index (χ0) is 25.4. The molecule has 0 aliphatic rings. The van der Waals surface area contributed by atoms with Gasteiger partial charge in [0, 0.05) is 6.54 Å². The molecule has 0 spiro atoms. The highest BCUT2D eigenvalue weighted by Crippen LogP contribution is 2.23. The van der Waals surface area contributed by atoms with E-state index in [0.29, 0.717) is 23.4 Å². The van der Waals surface area contributed by atoms with Crippen molar-refractivity contribution in [2.75, 3.05) is 0 Å².